The highest BCUT2D eigenvalue weighted by Crippen LogP contribution is 2.34. The summed E-state index contributed by atoms with van der Waals surface area (Å²) in [6.07, 6.45) is 0.470. The summed E-state index contributed by atoms with van der Waals surface area (Å²) in [5.41, 5.74) is 2.04. The van der Waals surface area contributed by atoms with Gasteiger partial charge < -0.3 is 15.1 Å². The SMILES string of the molecule is CC(C)N1CCC(=O)c2cc(F)c(N3CCNCC3)cc21. The molecule has 0 atom stereocenters. The first-order valence-electron chi connectivity index (χ1n) is 7.67. The maximum atomic E-state index is 14.4. The topological polar surface area (TPSA) is 35.6 Å². The molecule has 0 unspecified atom stereocenters. The highest BCUT2D eigenvalue weighted by molar-refractivity contribution is 6.04. The molecule has 1 saturated heterocycles. The van der Waals surface area contributed by atoms with Gasteiger partial charge in [0.2, 0.25) is 0 Å². The summed E-state index contributed by atoms with van der Waals surface area (Å²) in [4.78, 5) is 16.3. The molecule has 21 heavy (non-hydrogen) atoms. The minimum absolute atomic E-state index is 0.0488. The van der Waals surface area contributed by atoms with Gasteiger partial charge in [-0.2, -0.15) is 0 Å². The van der Waals surface area contributed by atoms with Crippen LogP contribution >= 0.6 is 0 Å². The van der Waals surface area contributed by atoms with Crippen LogP contribution < -0.4 is 15.1 Å². The first kappa shape index (κ1) is 14.3. The van der Waals surface area contributed by atoms with Gasteiger partial charge in [0.1, 0.15) is 5.82 Å². The Bertz CT molecular complexity index is 553. The van der Waals surface area contributed by atoms with Gasteiger partial charge in [-0.05, 0) is 26.0 Å². The van der Waals surface area contributed by atoms with Gasteiger partial charge in [0.05, 0.1) is 11.4 Å². The van der Waals surface area contributed by atoms with Crippen LogP contribution in [0.4, 0.5) is 15.8 Å². The molecule has 2 heterocycles. The molecule has 1 aromatic rings. The number of Topliss-reactive ketones (excluding diaryl/α,β-unsaturated/α-hetero) is 1. The van der Waals surface area contributed by atoms with E-state index in [0.717, 1.165) is 38.4 Å². The highest BCUT2D eigenvalue weighted by Gasteiger charge is 2.28. The number of benzene rings is 1. The Balaban J connectivity index is 2.03. The molecule has 114 valence electrons. The number of carbonyl (C=O) groups is 1. The van der Waals surface area contributed by atoms with Crippen molar-refractivity contribution < 1.29 is 9.18 Å². The van der Waals surface area contributed by atoms with Crippen LogP contribution in [0.3, 0.4) is 0 Å². The fourth-order valence-electron chi connectivity index (χ4n) is 3.17. The van der Waals surface area contributed by atoms with Gasteiger partial charge in [-0.25, -0.2) is 4.39 Å². The fraction of sp³-hybridized carbons (Fsp3) is 0.562. The van der Waals surface area contributed by atoms with E-state index in [1.54, 1.807) is 0 Å². The summed E-state index contributed by atoms with van der Waals surface area (Å²) in [6.45, 7) is 8.25. The van der Waals surface area contributed by atoms with Crippen LogP contribution in [0, 0.1) is 5.82 Å². The van der Waals surface area contributed by atoms with Crippen molar-refractivity contribution in [1.82, 2.24) is 5.32 Å². The average molecular weight is 291 g/mol. The summed E-state index contributed by atoms with van der Waals surface area (Å²) in [7, 11) is 0. The molecule has 3 rings (SSSR count). The molecule has 0 aromatic heterocycles. The van der Waals surface area contributed by atoms with Crippen LogP contribution in [-0.4, -0.2) is 44.5 Å². The minimum Gasteiger partial charge on any atom is -0.368 e. The largest absolute Gasteiger partial charge is 0.368 e. The fourth-order valence-corrected chi connectivity index (χ4v) is 3.17. The standard InChI is InChI=1S/C16H22FN3O/c1-11(2)20-6-3-16(21)12-9-13(17)15(10-14(12)20)19-7-4-18-5-8-19/h9-11,18H,3-8H2,1-2H3. The second-order valence-corrected chi connectivity index (χ2v) is 6.02. The number of rotatable bonds is 2. The third-order valence-electron chi connectivity index (χ3n) is 4.34. The lowest BCUT2D eigenvalue weighted by atomic mass is 9.98. The van der Waals surface area contributed by atoms with E-state index in [9.17, 15) is 9.18 Å². The molecule has 1 N–H and O–H groups in total. The third kappa shape index (κ3) is 2.62. The molecule has 0 aliphatic carbocycles. The average Bonchev–Trinajstić information content (AvgIpc) is 2.48. The molecule has 1 aromatic carbocycles. The van der Waals surface area contributed by atoms with E-state index in [-0.39, 0.29) is 11.6 Å². The Morgan fingerprint density at radius 1 is 1.14 bits per heavy atom. The lowest BCUT2D eigenvalue weighted by molar-refractivity contribution is 0.0979. The minimum atomic E-state index is -0.283. The molecule has 0 saturated carbocycles. The van der Waals surface area contributed by atoms with Crippen molar-refractivity contribution in [3.8, 4) is 0 Å². The summed E-state index contributed by atoms with van der Waals surface area (Å²) >= 11 is 0. The number of fused-ring (bicyclic) bond motifs is 1. The molecular formula is C16H22FN3O. The van der Waals surface area contributed by atoms with Crippen LogP contribution in [0.5, 0.6) is 0 Å². The predicted molar refractivity (Wildman–Crippen MR) is 82.9 cm³/mol. The predicted octanol–water partition coefficient (Wildman–Crippen LogP) is 2.04. The van der Waals surface area contributed by atoms with Crippen LogP contribution in [0.1, 0.15) is 30.6 Å². The van der Waals surface area contributed by atoms with E-state index >= 15 is 0 Å². The number of carbonyl (C=O) groups excluding carboxylic acids is 1. The highest BCUT2D eigenvalue weighted by atomic mass is 19.1. The van der Waals surface area contributed by atoms with Gasteiger partial charge in [0, 0.05) is 50.7 Å². The number of ketones is 1. The van der Waals surface area contributed by atoms with Gasteiger partial charge in [-0.15, -0.1) is 0 Å². The summed E-state index contributed by atoms with van der Waals surface area (Å²) in [5, 5.41) is 3.27. The lowest BCUT2D eigenvalue weighted by Gasteiger charge is -2.36. The van der Waals surface area contributed by atoms with Crippen molar-refractivity contribution in [2.75, 3.05) is 42.5 Å². The van der Waals surface area contributed by atoms with Crippen LogP contribution in [0.25, 0.3) is 0 Å². The van der Waals surface area contributed by atoms with Crippen molar-refractivity contribution in [2.45, 2.75) is 26.3 Å². The van der Waals surface area contributed by atoms with Crippen LogP contribution in [0.2, 0.25) is 0 Å². The summed E-state index contributed by atoms with van der Waals surface area (Å²) < 4.78 is 14.4. The molecule has 0 amide bonds. The monoisotopic (exact) mass is 291 g/mol. The molecule has 5 heteroatoms. The Morgan fingerprint density at radius 2 is 1.86 bits per heavy atom. The van der Waals surface area contributed by atoms with Gasteiger partial charge in [0.25, 0.3) is 0 Å². The Kier molecular flexibility index (Phi) is 3.85. The van der Waals surface area contributed by atoms with E-state index < -0.39 is 0 Å². The van der Waals surface area contributed by atoms with E-state index in [0.29, 0.717) is 23.7 Å². The molecule has 2 aliphatic rings. The number of halogens is 1. The molecule has 4 nitrogen and oxygen atoms in total. The number of hydrogen-bond donors (Lipinski definition) is 1. The van der Waals surface area contributed by atoms with Gasteiger partial charge in [0.15, 0.2) is 5.78 Å². The molecule has 0 bridgehead atoms. The summed E-state index contributed by atoms with van der Waals surface area (Å²) in [6, 6.07) is 3.61. The molecule has 2 aliphatic heterocycles. The van der Waals surface area contributed by atoms with E-state index in [1.165, 1.54) is 6.07 Å². The van der Waals surface area contributed by atoms with E-state index in [4.69, 9.17) is 0 Å². The van der Waals surface area contributed by atoms with Gasteiger partial charge in [-0.1, -0.05) is 0 Å². The summed E-state index contributed by atoms with van der Waals surface area (Å²) in [5.74, 6) is -0.234. The normalized spacial score (nSPS) is 19.1. The molecule has 1 fully saturated rings. The quantitative estimate of drug-likeness (QED) is 0.904. The number of piperazine rings is 1. The van der Waals surface area contributed by atoms with E-state index in [2.05, 4.69) is 29.0 Å². The smallest absolute Gasteiger partial charge is 0.166 e. The second kappa shape index (κ2) is 5.64. The zero-order chi connectivity index (χ0) is 15.0. The van der Waals surface area contributed by atoms with Gasteiger partial charge >= 0.3 is 0 Å². The molecule has 0 radical (unpaired) electrons. The van der Waals surface area contributed by atoms with Gasteiger partial charge in [-0.3, -0.25) is 4.79 Å². The number of nitrogens with one attached hydrogen (secondary N) is 1. The van der Waals surface area contributed by atoms with Crippen LogP contribution in [0.15, 0.2) is 12.1 Å². The van der Waals surface area contributed by atoms with Crippen molar-refractivity contribution >= 4 is 17.2 Å². The number of hydrogen-bond acceptors (Lipinski definition) is 4. The van der Waals surface area contributed by atoms with Crippen molar-refractivity contribution in [3.63, 3.8) is 0 Å². The second-order valence-electron chi connectivity index (χ2n) is 6.02. The van der Waals surface area contributed by atoms with Crippen molar-refractivity contribution in [3.05, 3.63) is 23.5 Å². The first-order chi connectivity index (χ1) is 10.1. The molecular weight excluding hydrogens is 269 g/mol. The Labute approximate surface area is 124 Å². The zero-order valence-electron chi connectivity index (χ0n) is 12.7. The van der Waals surface area contributed by atoms with Crippen molar-refractivity contribution in [2.24, 2.45) is 0 Å². The van der Waals surface area contributed by atoms with Crippen molar-refractivity contribution in [1.29, 1.82) is 0 Å². The Hall–Kier alpha value is -1.62. The first-order valence-corrected chi connectivity index (χ1v) is 7.67. The lowest BCUT2D eigenvalue weighted by Crippen LogP contribution is -2.44. The maximum Gasteiger partial charge on any atom is 0.166 e. The Morgan fingerprint density at radius 3 is 2.52 bits per heavy atom. The molecule has 0 spiro atoms. The maximum absolute atomic E-state index is 14.4. The zero-order valence-corrected chi connectivity index (χ0v) is 12.7. The van der Waals surface area contributed by atoms with E-state index in [1.807, 2.05) is 6.07 Å². The van der Waals surface area contributed by atoms with Crippen LogP contribution in [-0.2, 0) is 0 Å². The number of nitrogens with zero attached hydrogens (tertiary/aromatic N) is 2. The third-order valence-corrected chi connectivity index (χ3v) is 4.34. The number of anilines is 2.